The highest BCUT2D eigenvalue weighted by atomic mass is 16.5. The van der Waals surface area contributed by atoms with Crippen LogP contribution in [0, 0.1) is 5.92 Å². The molecule has 112 valence electrons. The smallest absolute Gasteiger partial charge is 0.161 e. The van der Waals surface area contributed by atoms with Crippen LogP contribution in [0.3, 0.4) is 0 Å². The summed E-state index contributed by atoms with van der Waals surface area (Å²) in [6, 6.07) is 5.77. The van der Waals surface area contributed by atoms with Crippen LogP contribution < -0.4 is 15.2 Å². The van der Waals surface area contributed by atoms with E-state index in [1.165, 1.54) is 0 Å². The van der Waals surface area contributed by atoms with Gasteiger partial charge in [0.25, 0.3) is 0 Å². The monoisotopic (exact) mass is 279 g/mol. The molecule has 0 amide bonds. The van der Waals surface area contributed by atoms with Gasteiger partial charge in [-0.05, 0) is 30.0 Å². The van der Waals surface area contributed by atoms with Crippen molar-refractivity contribution < 1.29 is 14.2 Å². The van der Waals surface area contributed by atoms with E-state index < -0.39 is 0 Å². The van der Waals surface area contributed by atoms with Crippen LogP contribution in [0.15, 0.2) is 18.2 Å². The minimum absolute atomic E-state index is 0.126. The van der Waals surface area contributed by atoms with Crippen LogP contribution in [0.25, 0.3) is 0 Å². The molecule has 1 unspecified atom stereocenters. The normalized spacial score (nSPS) is 16.0. The Morgan fingerprint density at radius 1 is 1.20 bits per heavy atom. The summed E-state index contributed by atoms with van der Waals surface area (Å²) in [5.74, 6) is 2.25. The molecule has 4 heteroatoms. The van der Waals surface area contributed by atoms with E-state index in [1.807, 2.05) is 18.2 Å². The molecule has 4 nitrogen and oxygen atoms in total. The molecule has 1 aliphatic rings. The number of ether oxygens (including phenoxy) is 3. The maximum absolute atomic E-state index is 6.16. The first-order valence-corrected chi connectivity index (χ1v) is 7.39. The lowest BCUT2D eigenvalue weighted by Gasteiger charge is -2.15. The quantitative estimate of drug-likeness (QED) is 0.813. The summed E-state index contributed by atoms with van der Waals surface area (Å²) in [6.45, 7) is 7.07. The highest BCUT2D eigenvalue weighted by Gasteiger charge is 2.14. The molecule has 1 aromatic rings. The molecule has 1 heterocycles. The first kappa shape index (κ1) is 15.1. The van der Waals surface area contributed by atoms with Crippen molar-refractivity contribution in [1.29, 1.82) is 0 Å². The van der Waals surface area contributed by atoms with Crippen LogP contribution in [0.4, 0.5) is 0 Å². The first-order valence-electron chi connectivity index (χ1n) is 7.39. The molecule has 1 aliphatic heterocycles. The number of nitrogens with two attached hydrogens (primary N) is 1. The van der Waals surface area contributed by atoms with Gasteiger partial charge in [-0.3, -0.25) is 0 Å². The van der Waals surface area contributed by atoms with Crippen LogP contribution in [0.5, 0.6) is 11.5 Å². The third-order valence-corrected chi connectivity index (χ3v) is 3.34. The van der Waals surface area contributed by atoms with E-state index in [0.717, 1.165) is 36.5 Å². The summed E-state index contributed by atoms with van der Waals surface area (Å²) in [5.41, 5.74) is 7.19. The van der Waals surface area contributed by atoms with Gasteiger partial charge in [0.1, 0.15) is 0 Å². The Hall–Kier alpha value is -1.26. The summed E-state index contributed by atoms with van der Waals surface area (Å²) in [6.07, 6.45) is 1.97. The zero-order valence-electron chi connectivity index (χ0n) is 12.4. The topological polar surface area (TPSA) is 53.7 Å². The number of fused-ring (bicyclic) bond motifs is 1. The Balaban J connectivity index is 1.89. The molecule has 0 saturated carbocycles. The van der Waals surface area contributed by atoms with Gasteiger partial charge >= 0.3 is 0 Å². The van der Waals surface area contributed by atoms with Crippen molar-refractivity contribution in [3.63, 3.8) is 0 Å². The average Bonchev–Trinajstić information content (AvgIpc) is 2.67. The third-order valence-electron chi connectivity index (χ3n) is 3.34. The molecule has 20 heavy (non-hydrogen) atoms. The maximum atomic E-state index is 6.16. The second kappa shape index (κ2) is 7.50. The summed E-state index contributed by atoms with van der Waals surface area (Å²) >= 11 is 0. The first-order chi connectivity index (χ1) is 9.66. The Bertz CT molecular complexity index is 420. The number of benzene rings is 1. The van der Waals surface area contributed by atoms with Crippen LogP contribution in [0.2, 0.25) is 0 Å². The fraction of sp³-hybridized carbons (Fsp3) is 0.625. The standard InChI is InChI=1S/C16H25NO3/c1-12(2)6-9-18-11-14(17)13-4-5-15-16(10-13)20-8-3-7-19-15/h4-5,10,12,14H,3,6-9,11,17H2,1-2H3. The van der Waals surface area contributed by atoms with Crippen molar-refractivity contribution in [2.24, 2.45) is 11.7 Å². The molecular weight excluding hydrogens is 254 g/mol. The molecule has 0 fully saturated rings. The molecule has 0 saturated heterocycles. The Morgan fingerprint density at radius 3 is 2.70 bits per heavy atom. The van der Waals surface area contributed by atoms with E-state index in [4.69, 9.17) is 19.9 Å². The number of hydrogen-bond donors (Lipinski definition) is 1. The number of hydrogen-bond acceptors (Lipinski definition) is 4. The van der Waals surface area contributed by atoms with Crippen molar-refractivity contribution in [1.82, 2.24) is 0 Å². The fourth-order valence-electron chi connectivity index (χ4n) is 2.04. The predicted octanol–water partition coefficient (Wildman–Crippen LogP) is 2.91. The summed E-state index contributed by atoms with van der Waals surface area (Å²) in [4.78, 5) is 0. The van der Waals surface area contributed by atoms with E-state index in [9.17, 15) is 0 Å². The molecule has 0 aromatic heterocycles. The van der Waals surface area contributed by atoms with Crippen LogP contribution in [-0.4, -0.2) is 26.4 Å². The van der Waals surface area contributed by atoms with Crippen molar-refractivity contribution in [2.45, 2.75) is 32.7 Å². The van der Waals surface area contributed by atoms with Gasteiger partial charge in [0.15, 0.2) is 11.5 Å². The lowest BCUT2D eigenvalue weighted by molar-refractivity contribution is 0.111. The molecule has 0 spiro atoms. The summed E-state index contributed by atoms with van der Waals surface area (Å²) < 4.78 is 16.9. The molecule has 0 bridgehead atoms. The SMILES string of the molecule is CC(C)CCOCC(N)c1ccc2c(c1)OCCCO2. The van der Waals surface area contributed by atoms with Crippen molar-refractivity contribution in [2.75, 3.05) is 26.4 Å². The third kappa shape index (κ3) is 4.39. The van der Waals surface area contributed by atoms with Crippen molar-refractivity contribution >= 4 is 0 Å². The number of rotatable bonds is 6. The maximum Gasteiger partial charge on any atom is 0.161 e. The van der Waals surface area contributed by atoms with E-state index in [2.05, 4.69) is 13.8 Å². The predicted molar refractivity (Wildman–Crippen MR) is 79.3 cm³/mol. The van der Waals surface area contributed by atoms with Crippen molar-refractivity contribution in [3.05, 3.63) is 23.8 Å². The Labute approximate surface area is 121 Å². The molecular formula is C16H25NO3. The molecule has 0 aliphatic carbocycles. The van der Waals surface area contributed by atoms with Crippen LogP contribution in [0.1, 0.15) is 38.3 Å². The van der Waals surface area contributed by atoms with E-state index >= 15 is 0 Å². The minimum atomic E-state index is -0.126. The second-order valence-electron chi connectivity index (χ2n) is 5.62. The van der Waals surface area contributed by atoms with E-state index in [1.54, 1.807) is 0 Å². The summed E-state index contributed by atoms with van der Waals surface area (Å²) in [5, 5.41) is 0. The van der Waals surface area contributed by atoms with Gasteiger partial charge in [-0.15, -0.1) is 0 Å². The van der Waals surface area contributed by atoms with E-state index in [-0.39, 0.29) is 6.04 Å². The zero-order chi connectivity index (χ0) is 14.4. The molecule has 1 atom stereocenters. The van der Waals surface area contributed by atoms with Gasteiger partial charge in [0.2, 0.25) is 0 Å². The highest BCUT2D eigenvalue weighted by molar-refractivity contribution is 5.44. The second-order valence-corrected chi connectivity index (χ2v) is 5.62. The van der Waals surface area contributed by atoms with Gasteiger partial charge in [-0.2, -0.15) is 0 Å². The zero-order valence-corrected chi connectivity index (χ0v) is 12.4. The fourth-order valence-corrected chi connectivity index (χ4v) is 2.04. The minimum Gasteiger partial charge on any atom is -0.490 e. The Kier molecular flexibility index (Phi) is 5.68. The molecule has 0 radical (unpaired) electrons. The van der Waals surface area contributed by atoms with Gasteiger partial charge in [0, 0.05) is 13.0 Å². The molecule has 2 rings (SSSR count). The van der Waals surface area contributed by atoms with Crippen LogP contribution in [-0.2, 0) is 4.74 Å². The average molecular weight is 279 g/mol. The van der Waals surface area contributed by atoms with Crippen molar-refractivity contribution in [3.8, 4) is 11.5 Å². The Morgan fingerprint density at radius 2 is 1.95 bits per heavy atom. The lowest BCUT2D eigenvalue weighted by atomic mass is 10.1. The van der Waals surface area contributed by atoms with Gasteiger partial charge in [-0.25, -0.2) is 0 Å². The van der Waals surface area contributed by atoms with Crippen LogP contribution >= 0.6 is 0 Å². The van der Waals surface area contributed by atoms with Gasteiger partial charge in [-0.1, -0.05) is 19.9 Å². The largest absolute Gasteiger partial charge is 0.490 e. The molecule has 2 N–H and O–H groups in total. The van der Waals surface area contributed by atoms with Gasteiger partial charge in [0.05, 0.1) is 25.9 Å². The van der Waals surface area contributed by atoms with Gasteiger partial charge < -0.3 is 19.9 Å². The highest BCUT2D eigenvalue weighted by Crippen LogP contribution is 2.31. The van der Waals surface area contributed by atoms with E-state index in [0.29, 0.717) is 25.7 Å². The molecule has 1 aromatic carbocycles. The summed E-state index contributed by atoms with van der Waals surface area (Å²) in [7, 11) is 0. The lowest BCUT2D eigenvalue weighted by Crippen LogP contribution is -2.18.